The van der Waals surface area contributed by atoms with Crippen LogP contribution in [0.1, 0.15) is 15.9 Å². The van der Waals surface area contributed by atoms with Crippen molar-refractivity contribution in [3.8, 4) is 0 Å². The molecule has 2 aromatic rings. The van der Waals surface area contributed by atoms with Crippen molar-refractivity contribution < 1.29 is 32.0 Å². The highest BCUT2D eigenvalue weighted by Gasteiger charge is 2.27. The zero-order valence-electron chi connectivity index (χ0n) is 13.0. The van der Waals surface area contributed by atoms with Crippen molar-refractivity contribution >= 4 is 17.3 Å². The van der Waals surface area contributed by atoms with Crippen molar-refractivity contribution in [1.29, 1.82) is 0 Å². The van der Waals surface area contributed by atoms with Gasteiger partial charge < -0.3 is 10.1 Å². The van der Waals surface area contributed by atoms with Crippen LogP contribution in [0.3, 0.4) is 0 Å². The highest BCUT2D eigenvalue weighted by atomic mass is 19.4. The second-order valence-electron chi connectivity index (χ2n) is 5.18. The van der Waals surface area contributed by atoms with Gasteiger partial charge in [-0.2, -0.15) is 17.6 Å². The zero-order valence-corrected chi connectivity index (χ0v) is 13.0. The average molecular weight is 372 g/mol. The maximum atomic E-state index is 13.3. The van der Waals surface area contributed by atoms with Gasteiger partial charge in [0.15, 0.2) is 0 Å². The standard InChI is InChI=1S/C16H12F4N2O4/c17-13-6-5-12(7-14(13)22(24)25)21-15(23)11-3-1-10(2-4-11)8-26-9-16(18,19)20/h1-7H,8-9H2,(H,21,23). The molecule has 0 aliphatic rings. The molecule has 0 spiro atoms. The number of anilines is 1. The molecule has 0 atom stereocenters. The van der Waals surface area contributed by atoms with Gasteiger partial charge in [-0.15, -0.1) is 0 Å². The first kappa shape index (κ1) is 19.3. The Bertz CT molecular complexity index is 807. The number of hydrogen-bond acceptors (Lipinski definition) is 4. The highest BCUT2D eigenvalue weighted by molar-refractivity contribution is 6.04. The summed E-state index contributed by atoms with van der Waals surface area (Å²) >= 11 is 0. The van der Waals surface area contributed by atoms with E-state index in [9.17, 15) is 32.5 Å². The Morgan fingerprint density at radius 2 is 1.81 bits per heavy atom. The summed E-state index contributed by atoms with van der Waals surface area (Å²) in [6.45, 7) is -1.65. The molecule has 0 radical (unpaired) electrons. The van der Waals surface area contributed by atoms with E-state index in [0.29, 0.717) is 5.56 Å². The summed E-state index contributed by atoms with van der Waals surface area (Å²) in [7, 11) is 0. The Hall–Kier alpha value is -3.01. The smallest absolute Gasteiger partial charge is 0.367 e. The van der Waals surface area contributed by atoms with Crippen LogP contribution in [-0.4, -0.2) is 23.6 Å². The average Bonchev–Trinajstić information content (AvgIpc) is 2.55. The van der Waals surface area contributed by atoms with E-state index >= 15 is 0 Å². The fraction of sp³-hybridized carbons (Fsp3) is 0.188. The van der Waals surface area contributed by atoms with Gasteiger partial charge in [0.2, 0.25) is 5.82 Å². The first-order valence-corrected chi connectivity index (χ1v) is 7.14. The lowest BCUT2D eigenvalue weighted by Crippen LogP contribution is -2.16. The van der Waals surface area contributed by atoms with E-state index in [1.807, 2.05) is 0 Å². The summed E-state index contributed by atoms with van der Waals surface area (Å²) in [4.78, 5) is 21.9. The van der Waals surface area contributed by atoms with Crippen molar-refractivity contribution in [3.05, 3.63) is 69.5 Å². The predicted molar refractivity (Wildman–Crippen MR) is 83.2 cm³/mol. The number of nitrogens with one attached hydrogen (secondary N) is 1. The van der Waals surface area contributed by atoms with Crippen LogP contribution < -0.4 is 5.32 Å². The van der Waals surface area contributed by atoms with Gasteiger partial charge in [0, 0.05) is 17.3 Å². The van der Waals surface area contributed by atoms with Gasteiger partial charge in [0.25, 0.3) is 5.91 Å². The summed E-state index contributed by atoms with van der Waals surface area (Å²) in [6.07, 6.45) is -4.42. The molecule has 0 unspecified atom stereocenters. The number of carbonyl (C=O) groups is 1. The molecule has 138 valence electrons. The predicted octanol–water partition coefficient (Wildman–Crippen LogP) is 4.07. The number of nitro groups is 1. The van der Waals surface area contributed by atoms with E-state index in [4.69, 9.17) is 0 Å². The quantitative estimate of drug-likeness (QED) is 0.471. The van der Waals surface area contributed by atoms with Crippen LogP contribution in [0.2, 0.25) is 0 Å². The second kappa shape index (κ2) is 7.91. The molecule has 26 heavy (non-hydrogen) atoms. The fourth-order valence-electron chi connectivity index (χ4n) is 1.97. The largest absolute Gasteiger partial charge is 0.411 e. The van der Waals surface area contributed by atoms with Crippen LogP contribution in [0.5, 0.6) is 0 Å². The van der Waals surface area contributed by atoms with Crippen molar-refractivity contribution in [2.45, 2.75) is 12.8 Å². The third kappa shape index (κ3) is 5.52. The number of benzene rings is 2. The summed E-state index contributed by atoms with van der Waals surface area (Å²) < 4.78 is 53.8. The monoisotopic (exact) mass is 372 g/mol. The number of alkyl halides is 3. The minimum Gasteiger partial charge on any atom is -0.367 e. The second-order valence-corrected chi connectivity index (χ2v) is 5.18. The summed E-state index contributed by atoms with van der Waals surface area (Å²) in [5.41, 5.74) is -0.152. The van der Waals surface area contributed by atoms with Gasteiger partial charge in [-0.1, -0.05) is 12.1 Å². The molecule has 0 fully saturated rings. The highest BCUT2D eigenvalue weighted by Crippen LogP contribution is 2.22. The van der Waals surface area contributed by atoms with Crippen LogP contribution in [0.4, 0.5) is 28.9 Å². The molecule has 2 rings (SSSR count). The third-order valence-electron chi connectivity index (χ3n) is 3.15. The van der Waals surface area contributed by atoms with E-state index in [-0.39, 0.29) is 17.9 Å². The molecule has 6 nitrogen and oxygen atoms in total. The number of rotatable bonds is 6. The maximum Gasteiger partial charge on any atom is 0.411 e. The zero-order chi connectivity index (χ0) is 19.3. The number of carbonyl (C=O) groups excluding carboxylic acids is 1. The molecule has 0 saturated carbocycles. The minimum absolute atomic E-state index is 0.0284. The number of halogens is 4. The van der Waals surface area contributed by atoms with Gasteiger partial charge in [-0.05, 0) is 29.8 Å². The van der Waals surface area contributed by atoms with E-state index in [1.54, 1.807) is 0 Å². The molecule has 10 heteroatoms. The first-order valence-electron chi connectivity index (χ1n) is 7.14. The lowest BCUT2D eigenvalue weighted by atomic mass is 10.1. The molecule has 0 bridgehead atoms. The van der Waals surface area contributed by atoms with Crippen molar-refractivity contribution in [2.75, 3.05) is 11.9 Å². The SMILES string of the molecule is O=C(Nc1ccc(F)c([N+](=O)[O-])c1)c1ccc(COCC(F)(F)F)cc1. The maximum absolute atomic E-state index is 13.3. The number of hydrogen-bond donors (Lipinski definition) is 1. The number of nitrogens with zero attached hydrogens (tertiary/aromatic N) is 1. The lowest BCUT2D eigenvalue weighted by Gasteiger charge is -2.09. The van der Waals surface area contributed by atoms with Gasteiger partial charge in [0.1, 0.15) is 6.61 Å². The molecule has 0 aromatic heterocycles. The Morgan fingerprint density at radius 3 is 2.38 bits per heavy atom. The van der Waals surface area contributed by atoms with Crippen molar-refractivity contribution in [2.24, 2.45) is 0 Å². The number of ether oxygens (including phenoxy) is 1. The molecule has 1 amide bonds. The number of nitro benzene ring substituents is 1. The molecule has 0 aliphatic heterocycles. The Morgan fingerprint density at radius 1 is 1.15 bits per heavy atom. The van der Waals surface area contributed by atoms with Crippen LogP contribution in [0.25, 0.3) is 0 Å². The molecule has 1 N–H and O–H groups in total. The van der Waals surface area contributed by atoms with E-state index in [2.05, 4.69) is 10.1 Å². The van der Waals surface area contributed by atoms with Crippen molar-refractivity contribution in [1.82, 2.24) is 0 Å². The molecule has 0 aliphatic carbocycles. The summed E-state index contributed by atoms with van der Waals surface area (Å²) in [6, 6.07) is 8.46. The van der Waals surface area contributed by atoms with Crippen molar-refractivity contribution in [3.63, 3.8) is 0 Å². The first-order chi connectivity index (χ1) is 12.2. The molecular weight excluding hydrogens is 360 g/mol. The molecule has 0 saturated heterocycles. The Kier molecular flexibility index (Phi) is 5.88. The topological polar surface area (TPSA) is 81.5 Å². The van der Waals surface area contributed by atoms with Gasteiger partial charge in [0.05, 0.1) is 11.5 Å². The van der Waals surface area contributed by atoms with Crippen LogP contribution in [0, 0.1) is 15.9 Å². The number of amides is 1. The third-order valence-corrected chi connectivity index (χ3v) is 3.15. The van der Waals surface area contributed by atoms with E-state index in [1.165, 1.54) is 30.3 Å². The van der Waals surface area contributed by atoms with Gasteiger partial charge in [-0.25, -0.2) is 0 Å². The van der Waals surface area contributed by atoms with Crippen LogP contribution in [0.15, 0.2) is 42.5 Å². The Balaban J connectivity index is 2.00. The minimum atomic E-state index is -4.42. The van der Waals surface area contributed by atoms with Gasteiger partial charge in [-0.3, -0.25) is 14.9 Å². The lowest BCUT2D eigenvalue weighted by molar-refractivity contribution is -0.387. The van der Waals surface area contributed by atoms with E-state index < -0.39 is 35.1 Å². The van der Waals surface area contributed by atoms with E-state index in [0.717, 1.165) is 12.1 Å². The molecular formula is C16H12F4N2O4. The normalized spacial score (nSPS) is 11.2. The Labute approximate surface area is 144 Å². The summed E-state index contributed by atoms with van der Waals surface area (Å²) in [5.74, 6) is -1.65. The molecule has 0 heterocycles. The van der Waals surface area contributed by atoms with Gasteiger partial charge >= 0.3 is 11.9 Å². The van der Waals surface area contributed by atoms with Crippen LogP contribution in [-0.2, 0) is 11.3 Å². The summed E-state index contributed by atoms with van der Waals surface area (Å²) in [5, 5.41) is 13.1. The molecule has 2 aromatic carbocycles. The fourth-order valence-corrected chi connectivity index (χ4v) is 1.97. The van der Waals surface area contributed by atoms with Crippen LogP contribution >= 0.6 is 0 Å².